The van der Waals surface area contributed by atoms with Crippen molar-refractivity contribution in [2.45, 2.75) is 224 Å². The number of primary amides is 1. The van der Waals surface area contributed by atoms with Crippen LogP contribution in [0.1, 0.15) is 150 Å². The van der Waals surface area contributed by atoms with Gasteiger partial charge < -0.3 is 90.9 Å². The first-order chi connectivity index (χ1) is 47.4. The fourth-order valence-electron chi connectivity index (χ4n) is 10.9. The van der Waals surface area contributed by atoms with Crippen LogP contribution in [0, 0.1) is 23.7 Å². The molecule has 3 heterocycles. The third-order valence-corrected chi connectivity index (χ3v) is 18.6. The van der Waals surface area contributed by atoms with Crippen LogP contribution < -0.4 is 75.7 Å². The fraction of sp³-hybridized carbons (Fsp3) is 0.636. The maximum atomic E-state index is 14.9. The van der Waals surface area contributed by atoms with Gasteiger partial charge in [-0.05, 0) is 80.7 Å². The number of nitrogens with zero attached hydrogens (tertiary/aromatic N) is 2. The highest BCUT2D eigenvalue weighted by atomic mass is 32.2. The summed E-state index contributed by atoms with van der Waals surface area (Å²) < 4.78 is 0. The van der Waals surface area contributed by atoms with Crippen LogP contribution in [0.4, 0.5) is 0 Å². The van der Waals surface area contributed by atoms with E-state index in [1.54, 1.807) is 58.0 Å². The van der Waals surface area contributed by atoms with Gasteiger partial charge in [0.15, 0.2) is 0 Å². The molecule has 0 aliphatic carbocycles. The number of aromatic amines is 1. The van der Waals surface area contributed by atoms with Gasteiger partial charge in [0, 0.05) is 43.5 Å². The number of aliphatic carboxylic acids is 2. The van der Waals surface area contributed by atoms with Gasteiger partial charge >= 0.3 is 11.9 Å². The zero-order valence-corrected chi connectivity index (χ0v) is 59.0. The predicted octanol–water partition coefficient (Wildman–Crippen LogP) is -1.68. The number of carboxylic acid groups (broad SMARTS) is 2. The number of carbonyl (C=O) groups is 14. The Morgan fingerprint density at radius 2 is 1.26 bits per heavy atom. The molecule has 0 bridgehead atoms. The molecule has 0 spiro atoms. The molecule has 1 aromatic heterocycles. The van der Waals surface area contributed by atoms with Gasteiger partial charge in [0.1, 0.15) is 66.5 Å². The summed E-state index contributed by atoms with van der Waals surface area (Å²) >= 11 is 1.35. The standard InChI is InChI=1S/C66H103N17O16S/c1-9-35(6)52(69)66-81-48(32-100-66)63(97)76-43(26-34(4)5)59(93)74-42(22-23-50(85)86)58(92)83-53(36(7)10-2)64(98)75-40-20-15-16-25-71-55(89)46(29-49(68)84)78-62(96)47(30-51(87)88)79-61(95)45(28-39-31-70-33-72-39)77-60(94)44(27-38-18-13-12-14-19-38)80-65(99)54(37(8)11-3)82-57(91)41(21-17-24-67)73-56(40)90/h12-14,18-19,31,33-37,40-48,52-54H,9-11,15-17,20-30,32,67,69H2,1-8H3,(H2,68,84)(H,70,72)(H,71,89)(H,73,90)(H,74,93)(H,75,98)(H,76,97)(H,77,94)(H,78,96)(H,79,95)(H,80,99)(H,82,91)(H,83,92)(H,85,86)(H,87,88)/t35-,36-,37-,40+,41-,42-,43+,44-,45+,46+,47-,48+,52+,53+,54+/m0/s1. The van der Waals surface area contributed by atoms with Crippen molar-refractivity contribution < 1.29 is 77.3 Å². The lowest BCUT2D eigenvalue weighted by Gasteiger charge is -2.30. The van der Waals surface area contributed by atoms with E-state index in [0.29, 0.717) is 16.3 Å². The van der Waals surface area contributed by atoms with Gasteiger partial charge in [0.2, 0.25) is 70.9 Å². The highest BCUT2D eigenvalue weighted by molar-refractivity contribution is 8.14. The number of thioether (sulfide) groups is 1. The van der Waals surface area contributed by atoms with Crippen LogP contribution in [-0.4, -0.2) is 199 Å². The maximum absolute atomic E-state index is 14.9. The van der Waals surface area contributed by atoms with Crippen molar-refractivity contribution in [2.24, 2.45) is 45.9 Å². The molecule has 33 nitrogen and oxygen atoms in total. The van der Waals surface area contributed by atoms with Crippen molar-refractivity contribution in [3.05, 3.63) is 54.1 Å². The van der Waals surface area contributed by atoms with Crippen molar-refractivity contribution >= 4 is 99.6 Å². The van der Waals surface area contributed by atoms with Crippen molar-refractivity contribution in [2.75, 3.05) is 18.8 Å². The van der Waals surface area contributed by atoms with E-state index in [4.69, 9.17) is 17.2 Å². The Hall–Kier alpha value is -9.05. The molecule has 20 N–H and O–H groups in total. The molecule has 0 radical (unpaired) electrons. The predicted molar refractivity (Wildman–Crippen MR) is 369 cm³/mol. The zero-order valence-electron chi connectivity index (χ0n) is 58.2. The molecule has 100 heavy (non-hydrogen) atoms. The molecule has 2 aliphatic heterocycles. The van der Waals surface area contributed by atoms with Crippen LogP contribution >= 0.6 is 11.8 Å². The second-order valence-corrected chi connectivity index (χ2v) is 27.0. The Labute approximate surface area is 586 Å². The summed E-state index contributed by atoms with van der Waals surface area (Å²) in [4.78, 5) is 207. The Morgan fingerprint density at radius 3 is 1.85 bits per heavy atom. The van der Waals surface area contributed by atoms with Crippen LogP contribution in [0.3, 0.4) is 0 Å². The molecule has 0 saturated carbocycles. The highest BCUT2D eigenvalue weighted by Crippen LogP contribution is 2.25. The van der Waals surface area contributed by atoms with Crippen LogP contribution in [0.15, 0.2) is 47.8 Å². The second-order valence-electron chi connectivity index (χ2n) is 26.0. The van der Waals surface area contributed by atoms with E-state index in [1.807, 2.05) is 27.7 Å². The quantitative estimate of drug-likeness (QED) is 0.0401. The van der Waals surface area contributed by atoms with Crippen LogP contribution in [-0.2, 0) is 80.0 Å². The lowest BCUT2D eigenvalue weighted by atomic mass is 9.96. The van der Waals surface area contributed by atoms with E-state index in [0.717, 1.165) is 6.42 Å². The van der Waals surface area contributed by atoms with Gasteiger partial charge in [-0.2, -0.15) is 0 Å². The second kappa shape index (κ2) is 42.1. The molecule has 34 heteroatoms. The van der Waals surface area contributed by atoms with E-state index in [2.05, 4.69) is 73.4 Å². The lowest BCUT2D eigenvalue weighted by Crippen LogP contribution is -2.62. The first-order valence-electron chi connectivity index (χ1n) is 34.1. The molecule has 12 amide bonds. The average molecular weight is 1420 g/mol. The number of rotatable bonds is 31. The molecule has 15 atom stereocenters. The van der Waals surface area contributed by atoms with Gasteiger partial charge in [-0.3, -0.25) is 72.1 Å². The highest BCUT2D eigenvalue weighted by Gasteiger charge is 2.40. The van der Waals surface area contributed by atoms with Crippen LogP contribution in [0.2, 0.25) is 0 Å². The summed E-state index contributed by atoms with van der Waals surface area (Å²) in [5, 5.41) is 49.1. The van der Waals surface area contributed by atoms with E-state index < -0.39 is 193 Å². The summed E-state index contributed by atoms with van der Waals surface area (Å²) in [5.74, 6) is -15.4. The zero-order chi connectivity index (χ0) is 74.3. The number of aromatic nitrogens is 2. The maximum Gasteiger partial charge on any atom is 0.305 e. The minimum Gasteiger partial charge on any atom is -0.481 e. The average Bonchev–Trinajstić information content (AvgIpc) is 1.37. The van der Waals surface area contributed by atoms with Gasteiger partial charge in [0.05, 0.1) is 30.3 Å². The number of carbonyl (C=O) groups excluding carboxylic acids is 12. The first kappa shape index (κ1) is 83.4. The molecule has 2 aromatic rings. The summed E-state index contributed by atoms with van der Waals surface area (Å²) in [6.07, 6.45) is 0.368. The van der Waals surface area contributed by atoms with Crippen LogP contribution in [0.25, 0.3) is 0 Å². The van der Waals surface area contributed by atoms with E-state index in [-0.39, 0.29) is 94.9 Å². The lowest BCUT2D eigenvalue weighted by molar-refractivity contribution is -0.142. The molecular formula is C66H103N17O16S. The molecule has 0 unspecified atom stereocenters. The molecule has 554 valence electrons. The monoisotopic (exact) mass is 1420 g/mol. The molecular weight excluding hydrogens is 1320 g/mol. The Morgan fingerprint density at radius 1 is 0.660 bits per heavy atom. The number of nitrogens with one attached hydrogen (secondary N) is 12. The number of carboxylic acids is 2. The first-order valence-corrected chi connectivity index (χ1v) is 35.1. The number of H-pyrrole nitrogens is 1. The van der Waals surface area contributed by atoms with Crippen molar-refractivity contribution in [1.29, 1.82) is 0 Å². The van der Waals surface area contributed by atoms with E-state index in [9.17, 15) is 77.3 Å². The summed E-state index contributed by atoms with van der Waals surface area (Å²) in [5.41, 5.74) is 18.7. The number of hydrogen-bond donors (Lipinski definition) is 17. The molecule has 2 aliphatic rings. The normalized spacial score (nSPS) is 23.1. The fourth-order valence-corrected chi connectivity index (χ4v) is 12.0. The molecule has 1 aromatic carbocycles. The van der Waals surface area contributed by atoms with Gasteiger partial charge in [-0.1, -0.05) is 105 Å². The van der Waals surface area contributed by atoms with Gasteiger partial charge in [0.25, 0.3) is 0 Å². The Balaban J connectivity index is 1.77. The smallest absolute Gasteiger partial charge is 0.305 e. The minimum atomic E-state index is -1.94. The third-order valence-electron chi connectivity index (χ3n) is 17.5. The molecule has 4 rings (SSSR count). The number of amides is 12. The summed E-state index contributed by atoms with van der Waals surface area (Å²) in [7, 11) is 0. The van der Waals surface area contributed by atoms with E-state index in [1.165, 1.54) is 24.3 Å². The van der Waals surface area contributed by atoms with Crippen molar-refractivity contribution in [3.63, 3.8) is 0 Å². The number of imidazole rings is 1. The molecule has 1 fully saturated rings. The third kappa shape index (κ3) is 27.6. The summed E-state index contributed by atoms with van der Waals surface area (Å²) in [6, 6.07) is -8.34. The van der Waals surface area contributed by atoms with Crippen molar-refractivity contribution in [1.82, 2.24) is 68.5 Å². The van der Waals surface area contributed by atoms with E-state index >= 15 is 0 Å². The number of nitrogens with two attached hydrogens (primary N) is 3. The topological polar surface area (TPSA) is 531 Å². The molecule has 1 saturated heterocycles. The van der Waals surface area contributed by atoms with Crippen LogP contribution in [0.5, 0.6) is 0 Å². The largest absolute Gasteiger partial charge is 0.481 e. The number of hydrogen-bond acceptors (Lipinski definition) is 19. The Bertz CT molecular complexity index is 3160. The number of aliphatic imine (C=N–C) groups is 1. The Kier molecular flexibility index (Phi) is 35.1. The van der Waals surface area contributed by atoms with Crippen molar-refractivity contribution in [3.8, 4) is 0 Å². The minimum absolute atomic E-state index is 0.00117. The van der Waals surface area contributed by atoms with Gasteiger partial charge in [-0.15, -0.1) is 11.8 Å². The number of benzene rings is 1. The summed E-state index contributed by atoms with van der Waals surface area (Å²) in [6.45, 7) is 14.1. The SMILES string of the molecule is CC[C@H](C)[C@@H](N)C1=N[C@@H](C(=O)N[C@H](CC(C)C)C(=O)N[C@@H](CCC(=O)O)C(=O)N[C@@H](C(=O)N[C@@H]2CCCCNC(=O)[C@@H](CC(N)=O)NC(=O)[C@H](CC(=O)O)NC(=O)[C@@H](Cc3cnc[nH]3)NC(=O)[C@H](Cc3ccccc3)NC(=O)[C@@H]([C@@H](C)CC)NC(=O)[C@H](CCCN)NC2=O)[C@@H](C)CC)CS1. The van der Waals surface area contributed by atoms with Gasteiger partial charge in [-0.25, -0.2) is 4.98 Å².